The zero-order chi connectivity index (χ0) is 23.0. The molecule has 1 N–H and O–H groups in total. The van der Waals surface area contributed by atoms with Gasteiger partial charge in [-0.05, 0) is 42.5 Å². The van der Waals surface area contributed by atoms with E-state index in [0.29, 0.717) is 5.75 Å². The minimum atomic E-state index is -2.28. The van der Waals surface area contributed by atoms with Crippen molar-refractivity contribution in [2.24, 2.45) is 0 Å². The molecule has 0 spiro atoms. The lowest BCUT2D eigenvalue weighted by atomic mass is 10.1. The Morgan fingerprint density at radius 1 is 0.938 bits per heavy atom. The van der Waals surface area contributed by atoms with Crippen LogP contribution < -0.4 is 10.1 Å². The third-order valence-electron chi connectivity index (χ3n) is 4.28. The second-order valence-electron chi connectivity index (χ2n) is 6.44. The number of hydrogen-bond donors (Lipinski definition) is 1. The lowest BCUT2D eigenvalue weighted by molar-refractivity contribution is -0.118. The minimum Gasteiger partial charge on any atom is -0.484 e. The van der Waals surface area contributed by atoms with E-state index in [1.807, 2.05) is 0 Å². The number of aromatic nitrogens is 1. The number of ether oxygens (including phenoxy) is 1. The largest absolute Gasteiger partial charge is 0.484 e. The average Bonchev–Trinajstić information content (AvgIpc) is 3.19. The van der Waals surface area contributed by atoms with Crippen LogP contribution in [0.2, 0.25) is 0 Å². The Balaban J connectivity index is 1.55. The number of oxazole rings is 1. The number of anilines is 1. The van der Waals surface area contributed by atoms with Gasteiger partial charge in [0.1, 0.15) is 16.8 Å². The fourth-order valence-electron chi connectivity index (χ4n) is 2.78. The highest BCUT2D eigenvalue weighted by Gasteiger charge is 2.29. The maximum Gasteiger partial charge on any atom is 0.262 e. The van der Waals surface area contributed by atoms with E-state index < -0.39 is 46.4 Å². The van der Waals surface area contributed by atoms with Crippen LogP contribution in [-0.2, 0) is 4.79 Å². The highest BCUT2D eigenvalue weighted by Crippen LogP contribution is 2.33. The van der Waals surface area contributed by atoms with Gasteiger partial charge in [0.05, 0.1) is 0 Å². The van der Waals surface area contributed by atoms with Crippen molar-refractivity contribution in [2.45, 2.75) is 0 Å². The van der Waals surface area contributed by atoms with Gasteiger partial charge in [-0.3, -0.25) is 4.79 Å². The van der Waals surface area contributed by atoms with Gasteiger partial charge in [-0.2, -0.15) is 0 Å². The maximum absolute atomic E-state index is 14.0. The van der Waals surface area contributed by atoms with Crippen LogP contribution in [0, 0.1) is 29.1 Å². The second-order valence-corrected chi connectivity index (χ2v) is 7.35. The topological polar surface area (TPSA) is 64.4 Å². The van der Waals surface area contributed by atoms with Crippen LogP contribution in [0.1, 0.15) is 0 Å². The molecule has 32 heavy (non-hydrogen) atoms. The van der Waals surface area contributed by atoms with Crippen molar-refractivity contribution in [1.82, 2.24) is 4.98 Å². The summed E-state index contributed by atoms with van der Waals surface area (Å²) in [6.07, 6.45) is 0. The van der Waals surface area contributed by atoms with Crippen LogP contribution >= 0.6 is 15.9 Å². The summed E-state index contributed by atoms with van der Waals surface area (Å²) in [5.74, 6) is -11.5. The van der Waals surface area contributed by atoms with Gasteiger partial charge < -0.3 is 14.5 Å². The molecule has 0 bridgehead atoms. The Labute approximate surface area is 184 Å². The molecule has 5 nitrogen and oxygen atoms in total. The standard InChI is InChI=1S/C21H10BrF5N2O3/c22-9-1-4-11(5-2-9)31-8-14(30)28-10-3-6-13-12(7-10)29-21(32-13)15-16(23)18(25)20(27)19(26)17(15)24/h1-7H,8H2,(H,28,30). The number of rotatable bonds is 5. The molecule has 0 radical (unpaired) electrons. The second kappa shape index (κ2) is 8.58. The summed E-state index contributed by atoms with van der Waals surface area (Å²) in [5.41, 5.74) is -1.01. The van der Waals surface area contributed by atoms with Crippen LogP contribution in [0.5, 0.6) is 5.75 Å². The highest BCUT2D eigenvalue weighted by atomic mass is 79.9. The summed E-state index contributed by atoms with van der Waals surface area (Å²) in [4.78, 5) is 15.9. The van der Waals surface area contributed by atoms with Gasteiger partial charge in [0.2, 0.25) is 11.7 Å². The fourth-order valence-corrected chi connectivity index (χ4v) is 3.05. The minimum absolute atomic E-state index is 0.00746. The lowest BCUT2D eigenvalue weighted by Gasteiger charge is -2.07. The molecule has 0 aliphatic heterocycles. The van der Waals surface area contributed by atoms with Gasteiger partial charge >= 0.3 is 0 Å². The van der Waals surface area contributed by atoms with Crippen LogP contribution in [0.15, 0.2) is 51.4 Å². The quantitative estimate of drug-likeness (QED) is 0.203. The number of hydrogen-bond acceptors (Lipinski definition) is 4. The van der Waals surface area contributed by atoms with E-state index in [0.717, 1.165) is 4.47 Å². The van der Waals surface area contributed by atoms with Crippen LogP contribution in [0.25, 0.3) is 22.6 Å². The first-order valence-electron chi connectivity index (χ1n) is 8.85. The number of fused-ring (bicyclic) bond motifs is 1. The summed E-state index contributed by atoms with van der Waals surface area (Å²) in [6, 6.07) is 10.9. The summed E-state index contributed by atoms with van der Waals surface area (Å²) in [6.45, 7) is -0.297. The van der Waals surface area contributed by atoms with Gasteiger partial charge in [0.15, 0.2) is 35.5 Å². The molecule has 11 heteroatoms. The molecule has 1 aromatic heterocycles. The third-order valence-corrected chi connectivity index (χ3v) is 4.81. The Bertz CT molecular complexity index is 1310. The van der Waals surface area contributed by atoms with E-state index in [1.54, 1.807) is 24.3 Å². The zero-order valence-electron chi connectivity index (χ0n) is 15.7. The number of benzene rings is 3. The van der Waals surface area contributed by atoms with Crippen LogP contribution in [-0.4, -0.2) is 17.5 Å². The zero-order valence-corrected chi connectivity index (χ0v) is 17.3. The van der Waals surface area contributed by atoms with Crippen LogP contribution in [0.4, 0.5) is 27.6 Å². The van der Waals surface area contributed by atoms with Crippen molar-refractivity contribution in [3.05, 3.63) is 76.0 Å². The molecule has 0 atom stereocenters. The molecule has 0 aliphatic rings. The molecule has 164 valence electrons. The first kappa shape index (κ1) is 21.8. The van der Waals surface area contributed by atoms with Crippen molar-refractivity contribution in [3.63, 3.8) is 0 Å². The Kier molecular flexibility index (Phi) is 5.83. The van der Waals surface area contributed by atoms with Gasteiger partial charge in [-0.15, -0.1) is 0 Å². The summed E-state index contributed by atoms with van der Waals surface area (Å²) < 4.78 is 79.6. The molecule has 4 rings (SSSR count). The number of amides is 1. The lowest BCUT2D eigenvalue weighted by Crippen LogP contribution is -2.20. The van der Waals surface area contributed by atoms with Crippen LogP contribution in [0.3, 0.4) is 0 Å². The van der Waals surface area contributed by atoms with E-state index in [4.69, 9.17) is 9.15 Å². The number of carbonyl (C=O) groups is 1. The molecule has 3 aromatic carbocycles. The molecule has 0 aliphatic carbocycles. The van der Waals surface area contributed by atoms with Crippen molar-refractivity contribution in [3.8, 4) is 17.2 Å². The number of halogens is 6. The average molecular weight is 513 g/mol. The van der Waals surface area contributed by atoms with E-state index in [1.165, 1.54) is 18.2 Å². The van der Waals surface area contributed by atoms with E-state index in [9.17, 15) is 26.7 Å². The van der Waals surface area contributed by atoms with Gasteiger partial charge in [-0.25, -0.2) is 26.9 Å². The van der Waals surface area contributed by atoms with E-state index in [-0.39, 0.29) is 23.4 Å². The predicted molar refractivity (Wildman–Crippen MR) is 108 cm³/mol. The molecule has 0 saturated heterocycles. The van der Waals surface area contributed by atoms with Gasteiger partial charge in [-0.1, -0.05) is 15.9 Å². The fraction of sp³-hybridized carbons (Fsp3) is 0.0476. The molecule has 0 saturated carbocycles. The Morgan fingerprint density at radius 2 is 1.56 bits per heavy atom. The Hall–Kier alpha value is -3.47. The SMILES string of the molecule is O=C(COc1ccc(Br)cc1)Nc1ccc2oc(-c3c(F)c(F)c(F)c(F)c3F)nc2c1. The Morgan fingerprint density at radius 3 is 2.22 bits per heavy atom. The molecule has 1 amide bonds. The monoisotopic (exact) mass is 512 g/mol. The predicted octanol–water partition coefficient (Wildman–Crippen LogP) is 5.97. The molecule has 0 fully saturated rings. The van der Waals surface area contributed by atoms with Crippen molar-refractivity contribution < 1.29 is 35.9 Å². The number of nitrogens with zero attached hydrogens (tertiary/aromatic N) is 1. The number of carbonyl (C=O) groups excluding carboxylic acids is 1. The third kappa shape index (κ3) is 4.15. The molecule has 4 aromatic rings. The highest BCUT2D eigenvalue weighted by molar-refractivity contribution is 9.10. The summed E-state index contributed by atoms with van der Waals surface area (Å²) >= 11 is 3.28. The molecular formula is C21H10BrF5N2O3. The van der Waals surface area contributed by atoms with Crippen molar-refractivity contribution in [2.75, 3.05) is 11.9 Å². The van der Waals surface area contributed by atoms with Gasteiger partial charge in [0, 0.05) is 10.2 Å². The molecule has 1 heterocycles. The number of nitrogens with one attached hydrogen (secondary N) is 1. The molecular weight excluding hydrogens is 503 g/mol. The van der Waals surface area contributed by atoms with E-state index in [2.05, 4.69) is 26.2 Å². The maximum atomic E-state index is 14.0. The van der Waals surface area contributed by atoms with E-state index >= 15 is 0 Å². The van der Waals surface area contributed by atoms with Crippen molar-refractivity contribution in [1.29, 1.82) is 0 Å². The van der Waals surface area contributed by atoms with Crippen molar-refractivity contribution >= 4 is 38.6 Å². The van der Waals surface area contributed by atoms with Gasteiger partial charge in [0.25, 0.3) is 5.91 Å². The normalized spacial score (nSPS) is 11.1. The smallest absolute Gasteiger partial charge is 0.262 e. The first-order chi connectivity index (χ1) is 15.2. The first-order valence-corrected chi connectivity index (χ1v) is 9.64. The summed E-state index contributed by atoms with van der Waals surface area (Å²) in [7, 11) is 0. The molecule has 0 unspecified atom stereocenters. The summed E-state index contributed by atoms with van der Waals surface area (Å²) in [5, 5.41) is 2.54.